The number of carbonyl (C=O) groups is 1. The number of likely N-dealkylation sites (tertiary alicyclic amines) is 1. The zero-order chi connectivity index (χ0) is 14.8. The number of aromatic nitrogens is 2. The van der Waals surface area contributed by atoms with Crippen LogP contribution in [-0.2, 0) is 13.1 Å². The number of aryl methyl sites for hydroxylation is 1. The number of urea groups is 1. The first kappa shape index (κ1) is 14.4. The number of amides is 2. The molecule has 2 atom stereocenters. The predicted octanol–water partition coefficient (Wildman–Crippen LogP) is 2.54. The number of carbonyl (C=O) groups excluding carboxylic acids is 1. The van der Waals surface area contributed by atoms with Crippen LogP contribution in [0.3, 0.4) is 0 Å². The van der Waals surface area contributed by atoms with E-state index in [9.17, 15) is 4.79 Å². The Morgan fingerprint density at radius 2 is 2.10 bits per heavy atom. The molecular formula is C16H26N4O. The molecule has 5 heteroatoms. The maximum Gasteiger partial charge on any atom is 0.317 e. The van der Waals surface area contributed by atoms with Gasteiger partial charge in [0.15, 0.2) is 0 Å². The predicted molar refractivity (Wildman–Crippen MR) is 81.9 cm³/mol. The van der Waals surface area contributed by atoms with Crippen molar-refractivity contribution < 1.29 is 4.79 Å². The number of piperidine rings is 1. The Morgan fingerprint density at radius 1 is 1.38 bits per heavy atom. The molecule has 0 unspecified atom stereocenters. The molecule has 21 heavy (non-hydrogen) atoms. The summed E-state index contributed by atoms with van der Waals surface area (Å²) in [4.78, 5) is 14.4. The van der Waals surface area contributed by atoms with E-state index in [1.807, 2.05) is 15.8 Å². The fourth-order valence-corrected chi connectivity index (χ4v) is 3.86. The van der Waals surface area contributed by atoms with Crippen molar-refractivity contribution in [2.75, 3.05) is 13.1 Å². The van der Waals surface area contributed by atoms with Gasteiger partial charge >= 0.3 is 6.03 Å². The topological polar surface area (TPSA) is 50.2 Å². The van der Waals surface area contributed by atoms with Gasteiger partial charge in [0.05, 0.1) is 6.20 Å². The monoisotopic (exact) mass is 290 g/mol. The van der Waals surface area contributed by atoms with Gasteiger partial charge < -0.3 is 10.2 Å². The van der Waals surface area contributed by atoms with Crippen molar-refractivity contribution in [3.8, 4) is 0 Å². The minimum Gasteiger partial charge on any atom is -0.334 e. The van der Waals surface area contributed by atoms with E-state index >= 15 is 0 Å². The average molecular weight is 290 g/mol. The molecule has 0 aromatic carbocycles. The summed E-state index contributed by atoms with van der Waals surface area (Å²) in [7, 11) is 0. The Balaban J connectivity index is 1.55. The molecule has 1 saturated carbocycles. The summed E-state index contributed by atoms with van der Waals surface area (Å²) in [6, 6.07) is 0.0928. The first-order valence-corrected chi connectivity index (χ1v) is 8.21. The summed E-state index contributed by atoms with van der Waals surface area (Å²) in [6.07, 6.45) is 7.13. The first-order valence-electron chi connectivity index (χ1n) is 8.21. The maximum absolute atomic E-state index is 12.4. The molecule has 116 valence electrons. The lowest BCUT2D eigenvalue weighted by Gasteiger charge is -2.41. The third-order valence-corrected chi connectivity index (χ3v) is 5.07. The molecule has 3 rings (SSSR count). The Hall–Kier alpha value is -1.52. The molecular weight excluding hydrogens is 264 g/mol. The Bertz CT molecular complexity index is 498. The molecule has 1 aromatic heterocycles. The first-order chi connectivity index (χ1) is 10.2. The van der Waals surface area contributed by atoms with E-state index in [4.69, 9.17) is 0 Å². The molecule has 2 aliphatic rings. The summed E-state index contributed by atoms with van der Waals surface area (Å²) >= 11 is 0. The normalized spacial score (nSPS) is 25.0. The largest absolute Gasteiger partial charge is 0.334 e. The van der Waals surface area contributed by atoms with Crippen molar-refractivity contribution in [3.63, 3.8) is 0 Å². The molecule has 0 spiro atoms. The summed E-state index contributed by atoms with van der Waals surface area (Å²) in [6.45, 7) is 7.47. The third kappa shape index (κ3) is 3.06. The SMILES string of the molecule is CCn1ncc(CNC(=O)N2C[C@H]3CCC[C@@H](C3)C2)c1C. The molecule has 2 bridgehead atoms. The van der Waals surface area contributed by atoms with E-state index in [0.717, 1.165) is 42.7 Å². The Labute approximate surface area is 126 Å². The van der Waals surface area contributed by atoms with E-state index in [0.29, 0.717) is 6.54 Å². The van der Waals surface area contributed by atoms with E-state index in [2.05, 4.69) is 24.3 Å². The standard InChI is InChI=1S/C16H26N4O/c1-3-20-12(2)15(9-18-20)8-17-16(21)19-10-13-5-4-6-14(7-13)11-19/h9,13-14H,3-8,10-11H2,1-2H3,(H,17,21)/t13-,14-/m0/s1. The smallest absolute Gasteiger partial charge is 0.317 e. The Kier molecular flexibility index (Phi) is 4.17. The fraction of sp³-hybridized carbons (Fsp3) is 0.750. The second kappa shape index (κ2) is 6.08. The lowest BCUT2D eigenvalue weighted by Crippen LogP contribution is -2.49. The van der Waals surface area contributed by atoms with Crippen molar-refractivity contribution in [1.29, 1.82) is 0 Å². The van der Waals surface area contributed by atoms with Crippen LogP contribution in [-0.4, -0.2) is 33.8 Å². The van der Waals surface area contributed by atoms with Crippen LogP contribution >= 0.6 is 0 Å². The maximum atomic E-state index is 12.4. The average Bonchev–Trinajstić information content (AvgIpc) is 2.84. The van der Waals surface area contributed by atoms with Crippen molar-refractivity contribution in [3.05, 3.63) is 17.5 Å². The van der Waals surface area contributed by atoms with Gasteiger partial charge in [-0.2, -0.15) is 5.10 Å². The second-order valence-corrected chi connectivity index (χ2v) is 6.53. The molecule has 1 aliphatic heterocycles. The number of nitrogens with one attached hydrogen (secondary N) is 1. The molecule has 5 nitrogen and oxygen atoms in total. The van der Waals surface area contributed by atoms with Crippen LogP contribution in [0.1, 0.15) is 43.9 Å². The molecule has 2 amide bonds. The summed E-state index contributed by atoms with van der Waals surface area (Å²) in [5.41, 5.74) is 2.26. The van der Waals surface area contributed by atoms with Crippen molar-refractivity contribution in [2.45, 2.75) is 52.6 Å². The van der Waals surface area contributed by atoms with Crippen LogP contribution in [0.25, 0.3) is 0 Å². The van der Waals surface area contributed by atoms with Gasteiger partial charge in [-0.25, -0.2) is 4.79 Å². The highest BCUT2D eigenvalue weighted by atomic mass is 16.2. The highest BCUT2D eigenvalue weighted by Gasteiger charge is 2.32. The van der Waals surface area contributed by atoms with Gasteiger partial charge in [0.25, 0.3) is 0 Å². The lowest BCUT2D eigenvalue weighted by molar-refractivity contribution is 0.103. The summed E-state index contributed by atoms with van der Waals surface area (Å²) in [5.74, 6) is 1.46. The number of fused-ring (bicyclic) bond motifs is 2. The van der Waals surface area contributed by atoms with Crippen molar-refractivity contribution in [2.24, 2.45) is 11.8 Å². The van der Waals surface area contributed by atoms with E-state index < -0.39 is 0 Å². The minimum absolute atomic E-state index is 0.0928. The van der Waals surface area contributed by atoms with Gasteiger partial charge in [-0.3, -0.25) is 4.68 Å². The second-order valence-electron chi connectivity index (χ2n) is 6.53. The molecule has 2 fully saturated rings. The molecule has 0 radical (unpaired) electrons. The zero-order valence-electron chi connectivity index (χ0n) is 13.1. The molecule has 2 heterocycles. The van der Waals surface area contributed by atoms with Gasteiger partial charge in [-0.1, -0.05) is 6.42 Å². The van der Waals surface area contributed by atoms with Crippen LogP contribution in [0.15, 0.2) is 6.20 Å². The van der Waals surface area contributed by atoms with Gasteiger partial charge in [0, 0.05) is 37.4 Å². The highest BCUT2D eigenvalue weighted by molar-refractivity contribution is 5.74. The number of rotatable bonds is 3. The Morgan fingerprint density at radius 3 is 2.71 bits per heavy atom. The van der Waals surface area contributed by atoms with Gasteiger partial charge in [-0.15, -0.1) is 0 Å². The van der Waals surface area contributed by atoms with Gasteiger partial charge in [-0.05, 0) is 44.9 Å². The highest BCUT2D eigenvalue weighted by Crippen LogP contribution is 2.34. The van der Waals surface area contributed by atoms with E-state index in [1.165, 1.54) is 25.7 Å². The van der Waals surface area contributed by atoms with E-state index in [1.54, 1.807) is 0 Å². The lowest BCUT2D eigenvalue weighted by atomic mass is 9.78. The zero-order valence-corrected chi connectivity index (χ0v) is 13.1. The minimum atomic E-state index is 0.0928. The van der Waals surface area contributed by atoms with E-state index in [-0.39, 0.29) is 6.03 Å². The van der Waals surface area contributed by atoms with Crippen LogP contribution in [0.4, 0.5) is 4.79 Å². The quantitative estimate of drug-likeness (QED) is 0.930. The van der Waals surface area contributed by atoms with Crippen molar-refractivity contribution in [1.82, 2.24) is 20.0 Å². The molecule has 1 aromatic rings. The third-order valence-electron chi connectivity index (χ3n) is 5.07. The number of nitrogens with zero attached hydrogens (tertiary/aromatic N) is 3. The van der Waals surface area contributed by atoms with Crippen LogP contribution < -0.4 is 5.32 Å². The molecule has 1 aliphatic carbocycles. The van der Waals surface area contributed by atoms with Crippen LogP contribution in [0.5, 0.6) is 0 Å². The van der Waals surface area contributed by atoms with Crippen molar-refractivity contribution >= 4 is 6.03 Å². The number of hydrogen-bond acceptors (Lipinski definition) is 2. The van der Waals surface area contributed by atoms with Gasteiger partial charge in [0.1, 0.15) is 0 Å². The van der Waals surface area contributed by atoms with Crippen LogP contribution in [0.2, 0.25) is 0 Å². The number of hydrogen-bond donors (Lipinski definition) is 1. The van der Waals surface area contributed by atoms with Gasteiger partial charge in [0.2, 0.25) is 0 Å². The molecule has 1 saturated heterocycles. The fourth-order valence-electron chi connectivity index (χ4n) is 3.86. The summed E-state index contributed by atoms with van der Waals surface area (Å²) in [5, 5.41) is 7.39. The van der Waals surface area contributed by atoms with Crippen LogP contribution in [0, 0.1) is 18.8 Å². The molecule has 1 N–H and O–H groups in total. The summed E-state index contributed by atoms with van der Waals surface area (Å²) < 4.78 is 1.97.